The van der Waals surface area contributed by atoms with E-state index in [1.54, 1.807) is 0 Å². The maximum absolute atomic E-state index is 7.17. The van der Waals surface area contributed by atoms with Gasteiger partial charge in [0.05, 0.1) is 0 Å². The summed E-state index contributed by atoms with van der Waals surface area (Å²) >= 11 is 0. The van der Waals surface area contributed by atoms with Gasteiger partial charge in [-0.25, -0.2) is 0 Å². The summed E-state index contributed by atoms with van der Waals surface area (Å²) in [4.78, 5) is 0. The Bertz CT molecular complexity index is 36.4. The molecule has 0 saturated heterocycles. The standard InChI is InChI=1S/CN.BH3O3.Fe/c1-2;2-1(3)4;/h;2-4H;/q-1;;. The molecule has 0 aromatic rings. The summed E-state index contributed by atoms with van der Waals surface area (Å²) in [6, 6.07) is 0. The second-order valence-electron chi connectivity index (χ2n) is 0.346. The first-order valence-electron chi connectivity index (χ1n) is 0.998. The van der Waals surface area contributed by atoms with Gasteiger partial charge < -0.3 is 26.9 Å². The zero-order valence-electron chi connectivity index (χ0n) is 3.22. The molecule has 0 spiro atoms. The van der Waals surface area contributed by atoms with E-state index >= 15 is 0 Å². The van der Waals surface area contributed by atoms with Crippen LogP contribution in [0.1, 0.15) is 0 Å². The fourth-order valence-electron chi connectivity index (χ4n) is 0. The van der Waals surface area contributed by atoms with Gasteiger partial charge in [-0.2, -0.15) is 0 Å². The zero-order chi connectivity index (χ0) is 5.58. The Balaban J connectivity index is -0.0000000480. The second kappa shape index (κ2) is 16.7. The summed E-state index contributed by atoms with van der Waals surface area (Å²) < 4.78 is 0. The average molecular weight is 144 g/mol. The molecule has 0 rings (SSSR count). The monoisotopic (exact) mass is 144 g/mol. The molecule has 42 valence electrons. The van der Waals surface area contributed by atoms with Gasteiger partial charge in [0.15, 0.2) is 0 Å². The first-order chi connectivity index (χ1) is 2.73. The predicted octanol–water partition coefficient (Wildman–Crippen LogP) is -1.96. The van der Waals surface area contributed by atoms with Gasteiger partial charge in [-0.1, -0.05) is 0 Å². The van der Waals surface area contributed by atoms with Crippen molar-refractivity contribution in [1.29, 1.82) is 5.26 Å². The molecule has 7 heavy (non-hydrogen) atoms. The molecule has 0 saturated carbocycles. The third-order valence-corrected chi connectivity index (χ3v) is 0. The molecule has 0 radical (unpaired) electrons. The Morgan fingerprint density at radius 2 is 1.14 bits per heavy atom. The number of hydrogen-bond acceptors (Lipinski definition) is 4. The van der Waals surface area contributed by atoms with Crippen LogP contribution in [0.15, 0.2) is 0 Å². The maximum atomic E-state index is 7.17. The van der Waals surface area contributed by atoms with Crippen LogP contribution in [0.4, 0.5) is 0 Å². The minimum Gasteiger partial charge on any atom is -0.512 e. The van der Waals surface area contributed by atoms with Crippen LogP contribution >= 0.6 is 0 Å². The Kier molecular flexibility index (Phi) is 37.7. The van der Waals surface area contributed by atoms with E-state index in [1.165, 1.54) is 0 Å². The van der Waals surface area contributed by atoms with Gasteiger partial charge in [-0.15, -0.1) is 0 Å². The number of rotatable bonds is 0. The van der Waals surface area contributed by atoms with E-state index in [4.69, 9.17) is 26.9 Å². The quantitative estimate of drug-likeness (QED) is 0.272. The Labute approximate surface area is 52.0 Å². The fraction of sp³-hybridized carbons (Fsp3) is 0. The summed E-state index contributed by atoms with van der Waals surface area (Å²) in [5.41, 5.74) is 0. The molecular formula is CH3BFeNO3-. The van der Waals surface area contributed by atoms with Crippen LogP contribution < -0.4 is 0 Å². The van der Waals surface area contributed by atoms with E-state index in [2.05, 4.69) is 0 Å². The van der Waals surface area contributed by atoms with Crippen molar-refractivity contribution in [2.45, 2.75) is 0 Å². The third-order valence-electron chi connectivity index (χ3n) is 0. The van der Waals surface area contributed by atoms with E-state index < -0.39 is 7.32 Å². The van der Waals surface area contributed by atoms with Crippen LogP contribution in [0.3, 0.4) is 0 Å². The summed E-state index contributed by atoms with van der Waals surface area (Å²) in [6.07, 6.45) is 0. The van der Waals surface area contributed by atoms with Gasteiger partial charge in [-0.05, 0) is 0 Å². The van der Waals surface area contributed by atoms with Crippen molar-refractivity contribution >= 4 is 7.32 Å². The summed E-state index contributed by atoms with van der Waals surface area (Å²) in [6.45, 7) is 4.75. The zero-order valence-corrected chi connectivity index (χ0v) is 4.32. The Morgan fingerprint density at radius 1 is 1.14 bits per heavy atom. The van der Waals surface area contributed by atoms with Gasteiger partial charge in [0, 0.05) is 17.1 Å². The molecule has 0 aliphatic rings. The first-order valence-corrected chi connectivity index (χ1v) is 0.998. The molecule has 0 fully saturated rings. The van der Waals surface area contributed by atoms with Crippen LogP contribution in [0.5, 0.6) is 0 Å². The molecule has 0 atom stereocenters. The molecule has 0 bridgehead atoms. The number of nitrogens with zero attached hydrogens (tertiary/aromatic N) is 1. The molecule has 4 nitrogen and oxygen atoms in total. The van der Waals surface area contributed by atoms with Gasteiger partial charge in [0.2, 0.25) is 0 Å². The molecule has 6 heteroatoms. The van der Waals surface area contributed by atoms with Crippen molar-refractivity contribution in [2.75, 3.05) is 0 Å². The molecule has 0 amide bonds. The van der Waals surface area contributed by atoms with E-state index in [0.717, 1.165) is 0 Å². The van der Waals surface area contributed by atoms with Crippen LogP contribution in [0.2, 0.25) is 0 Å². The van der Waals surface area contributed by atoms with E-state index in [-0.39, 0.29) is 17.1 Å². The SMILES string of the molecule is OB(O)O.[C-]#N.[Fe]. The number of hydrogen-bond donors (Lipinski definition) is 3. The van der Waals surface area contributed by atoms with Crippen LogP contribution in [-0.2, 0) is 17.1 Å². The van der Waals surface area contributed by atoms with Gasteiger partial charge in [-0.3, -0.25) is 0 Å². The van der Waals surface area contributed by atoms with E-state index in [9.17, 15) is 0 Å². The molecule has 3 N–H and O–H groups in total. The van der Waals surface area contributed by atoms with Gasteiger partial charge >= 0.3 is 7.32 Å². The van der Waals surface area contributed by atoms with Crippen LogP contribution in [-0.4, -0.2) is 22.4 Å². The van der Waals surface area contributed by atoms with Crippen molar-refractivity contribution in [1.82, 2.24) is 0 Å². The fourth-order valence-corrected chi connectivity index (χ4v) is 0. The molecule has 0 aliphatic heterocycles. The van der Waals surface area contributed by atoms with Crippen molar-refractivity contribution in [3.8, 4) is 0 Å². The van der Waals surface area contributed by atoms with E-state index in [0.29, 0.717) is 0 Å². The van der Waals surface area contributed by atoms with Crippen molar-refractivity contribution in [2.24, 2.45) is 0 Å². The molecule has 0 aromatic carbocycles. The summed E-state index contributed by atoms with van der Waals surface area (Å²) in [5.74, 6) is 0. The van der Waals surface area contributed by atoms with Crippen LogP contribution in [0, 0.1) is 11.8 Å². The minimum absolute atomic E-state index is 0. The van der Waals surface area contributed by atoms with Crippen molar-refractivity contribution in [3.05, 3.63) is 6.57 Å². The van der Waals surface area contributed by atoms with Crippen LogP contribution in [0.25, 0.3) is 0 Å². The molecule has 0 aromatic heterocycles. The van der Waals surface area contributed by atoms with Crippen molar-refractivity contribution < 1.29 is 32.1 Å². The molecule has 0 heterocycles. The third kappa shape index (κ3) is 44800. The largest absolute Gasteiger partial charge is 0.631 e. The second-order valence-corrected chi connectivity index (χ2v) is 0.346. The summed E-state index contributed by atoms with van der Waals surface area (Å²) in [7, 11) is -2.17. The minimum atomic E-state index is -2.17. The smallest absolute Gasteiger partial charge is 0.512 e. The molecule has 0 aliphatic carbocycles. The van der Waals surface area contributed by atoms with Gasteiger partial charge in [0.25, 0.3) is 0 Å². The molecule has 0 unspecified atom stereocenters. The van der Waals surface area contributed by atoms with Crippen molar-refractivity contribution in [3.63, 3.8) is 0 Å². The Hall–Kier alpha value is -0.0456. The van der Waals surface area contributed by atoms with Gasteiger partial charge in [0.1, 0.15) is 0 Å². The first kappa shape index (κ1) is 15.8. The average Bonchev–Trinajstić information content (AvgIpc) is 1.41. The Morgan fingerprint density at radius 3 is 1.14 bits per heavy atom. The normalized spacial score (nSPS) is 4.14. The van der Waals surface area contributed by atoms with E-state index in [1.807, 2.05) is 0 Å². The maximum Gasteiger partial charge on any atom is 0.631 e. The topological polar surface area (TPSA) is 84.5 Å². The summed E-state index contributed by atoms with van der Waals surface area (Å²) in [5, 5.41) is 27.8. The predicted molar refractivity (Wildman–Crippen MR) is 17.4 cm³/mol. The molecular weight excluding hydrogens is 141 g/mol.